The molecule has 0 aliphatic heterocycles. The molecule has 0 fully saturated rings. The number of nitrogens with one attached hydrogen (secondary N) is 4. The molecule has 0 spiro atoms. The highest BCUT2D eigenvalue weighted by molar-refractivity contribution is 7.62. The van der Waals surface area contributed by atoms with Gasteiger partial charge in [-0.2, -0.15) is 9.25 Å². The van der Waals surface area contributed by atoms with Crippen molar-refractivity contribution in [2.75, 3.05) is 0 Å². The largest absolute Gasteiger partial charge is 0.403 e. The van der Waals surface area contributed by atoms with E-state index in [2.05, 4.69) is 0 Å². The third-order valence-electron chi connectivity index (χ3n) is 1.62. The Morgan fingerprint density at radius 3 is 1.89 bits per heavy atom. The monoisotopic (exact) mass is 272 g/mol. The van der Waals surface area contributed by atoms with Crippen LogP contribution in [0.1, 0.15) is 0 Å². The summed E-state index contributed by atoms with van der Waals surface area (Å²) in [6.07, 6.45) is 0. The minimum absolute atomic E-state index is 0.201. The van der Waals surface area contributed by atoms with Gasteiger partial charge in [0.15, 0.2) is 0 Å². The SMILES string of the molecule is N=C(N)NOP(=O)(ONC(=N)N)c1ccccc1. The summed E-state index contributed by atoms with van der Waals surface area (Å²) in [5.41, 5.74) is 13.9. The van der Waals surface area contributed by atoms with Crippen molar-refractivity contribution in [3.05, 3.63) is 30.3 Å². The molecule has 1 aromatic carbocycles. The summed E-state index contributed by atoms with van der Waals surface area (Å²) in [4.78, 5) is 0. The van der Waals surface area contributed by atoms with Crippen molar-refractivity contribution < 1.29 is 13.8 Å². The van der Waals surface area contributed by atoms with Crippen LogP contribution in [0.3, 0.4) is 0 Å². The molecule has 0 unspecified atom stereocenters. The standard InChI is InChI=1S/C8H13N6O3P/c9-7(10)13-16-18(15,17-14-8(11)12)6-4-2-1-3-5-6/h1-5H,(H4,9,10,13)(H4,11,12,14). The smallest absolute Gasteiger partial charge is 0.368 e. The minimum Gasteiger partial charge on any atom is -0.368 e. The van der Waals surface area contributed by atoms with Gasteiger partial charge in [-0.15, -0.1) is 0 Å². The number of guanidine groups is 2. The lowest BCUT2D eigenvalue weighted by molar-refractivity contribution is 0.159. The number of hydroxylamine groups is 2. The predicted octanol–water partition coefficient (Wildman–Crippen LogP) is -0.666. The van der Waals surface area contributed by atoms with Crippen LogP contribution in [0.25, 0.3) is 0 Å². The molecule has 0 aliphatic carbocycles. The average molecular weight is 272 g/mol. The van der Waals surface area contributed by atoms with Crippen LogP contribution in [-0.4, -0.2) is 11.9 Å². The van der Waals surface area contributed by atoms with Gasteiger partial charge in [0.1, 0.15) is 0 Å². The van der Waals surface area contributed by atoms with Gasteiger partial charge >= 0.3 is 7.60 Å². The van der Waals surface area contributed by atoms with E-state index in [9.17, 15) is 4.57 Å². The van der Waals surface area contributed by atoms with Crippen molar-refractivity contribution in [2.45, 2.75) is 0 Å². The summed E-state index contributed by atoms with van der Waals surface area (Å²) >= 11 is 0. The van der Waals surface area contributed by atoms with Crippen molar-refractivity contribution in [2.24, 2.45) is 11.5 Å². The van der Waals surface area contributed by atoms with Gasteiger partial charge in [0.25, 0.3) is 0 Å². The first-order valence-electron chi connectivity index (χ1n) is 4.67. The normalized spacial score (nSPS) is 13.3. The van der Waals surface area contributed by atoms with E-state index >= 15 is 0 Å². The molecule has 0 aliphatic rings. The molecule has 1 rings (SSSR count). The number of rotatable bonds is 5. The van der Waals surface area contributed by atoms with Gasteiger partial charge in [0.2, 0.25) is 11.9 Å². The van der Waals surface area contributed by atoms with Gasteiger partial charge in [-0.3, -0.25) is 15.4 Å². The second-order valence-corrected chi connectivity index (χ2v) is 4.92. The number of hydrogen-bond acceptors (Lipinski definition) is 5. The zero-order chi connectivity index (χ0) is 13.6. The molecule has 1 aromatic rings. The second-order valence-electron chi connectivity index (χ2n) is 3.05. The van der Waals surface area contributed by atoms with E-state index in [-0.39, 0.29) is 5.30 Å². The van der Waals surface area contributed by atoms with Crippen LogP contribution in [0.4, 0.5) is 0 Å². The Bertz CT molecular complexity index is 457. The molecule has 98 valence electrons. The molecular weight excluding hydrogens is 259 g/mol. The highest BCUT2D eigenvalue weighted by Crippen LogP contribution is 2.44. The molecule has 0 radical (unpaired) electrons. The summed E-state index contributed by atoms with van der Waals surface area (Å²) < 4.78 is 21.8. The van der Waals surface area contributed by atoms with Gasteiger partial charge in [-0.1, -0.05) is 18.2 Å². The lowest BCUT2D eigenvalue weighted by atomic mass is 10.4. The summed E-state index contributed by atoms with van der Waals surface area (Å²) in [5, 5.41) is 14.1. The summed E-state index contributed by atoms with van der Waals surface area (Å²) in [6, 6.07) is 7.94. The number of benzene rings is 1. The van der Waals surface area contributed by atoms with E-state index < -0.39 is 19.5 Å². The van der Waals surface area contributed by atoms with Gasteiger partial charge in [-0.05, 0) is 12.1 Å². The molecule has 9 nitrogen and oxygen atoms in total. The first-order chi connectivity index (χ1) is 8.44. The Kier molecular flexibility index (Phi) is 4.67. The van der Waals surface area contributed by atoms with Crippen LogP contribution >= 0.6 is 7.60 Å². The van der Waals surface area contributed by atoms with Gasteiger partial charge < -0.3 is 11.5 Å². The first kappa shape index (κ1) is 14.0. The Hall–Kier alpha value is -2.09. The maximum Gasteiger partial charge on any atom is 0.403 e. The summed E-state index contributed by atoms with van der Waals surface area (Å²) in [7, 11) is -3.84. The molecule has 0 amide bonds. The van der Waals surface area contributed by atoms with Crippen molar-refractivity contribution >= 4 is 24.8 Å². The number of nitrogens with two attached hydrogens (primary N) is 2. The molecule has 0 atom stereocenters. The van der Waals surface area contributed by atoms with E-state index in [1.807, 2.05) is 11.0 Å². The van der Waals surface area contributed by atoms with Crippen molar-refractivity contribution in [3.8, 4) is 0 Å². The fourth-order valence-electron chi connectivity index (χ4n) is 0.953. The predicted molar refractivity (Wildman–Crippen MR) is 66.0 cm³/mol. The van der Waals surface area contributed by atoms with Crippen LogP contribution in [0.5, 0.6) is 0 Å². The van der Waals surface area contributed by atoms with Crippen LogP contribution in [0, 0.1) is 10.8 Å². The topological polar surface area (TPSA) is 159 Å². The van der Waals surface area contributed by atoms with Crippen LogP contribution in [-0.2, 0) is 13.8 Å². The number of hydrogen-bond donors (Lipinski definition) is 6. The third-order valence-corrected chi connectivity index (χ3v) is 3.22. The fraction of sp³-hybridized carbons (Fsp3) is 0. The van der Waals surface area contributed by atoms with Gasteiger partial charge in [0.05, 0.1) is 5.30 Å². The Morgan fingerprint density at radius 1 is 1.06 bits per heavy atom. The molecule has 0 saturated carbocycles. The maximum absolute atomic E-state index is 12.3. The quantitative estimate of drug-likeness (QED) is 0.179. The Balaban J connectivity index is 2.90. The molecule has 0 heterocycles. The van der Waals surface area contributed by atoms with Crippen LogP contribution in [0.2, 0.25) is 0 Å². The summed E-state index contributed by atoms with van der Waals surface area (Å²) in [5.74, 6) is -1.09. The van der Waals surface area contributed by atoms with Crippen LogP contribution in [0.15, 0.2) is 30.3 Å². The molecule has 0 bridgehead atoms. The van der Waals surface area contributed by atoms with Gasteiger partial charge in [-0.25, -0.2) is 11.0 Å². The van der Waals surface area contributed by atoms with Crippen molar-refractivity contribution in [1.29, 1.82) is 10.8 Å². The average Bonchev–Trinajstić information content (AvgIpc) is 2.35. The van der Waals surface area contributed by atoms with Crippen molar-refractivity contribution in [1.82, 2.24) is 11.0 Å². The maximum atomic E-state index is 12.3. The van der Waals surface area contributed by atoms with E-state index in [1.54, 1.807) is 18.2 Å². The van der Waals surface area contributed by atoms with E-state index in [0.717, 1.165) is 0 Å². The lowest BCUT2D eigenvalue weighted by Gasteiger charge is -2.17. The zero-order valence-corrected chi connectivity index (χ0v) is 10.1. The van der Waals surface area contributed by atoms with E-state index in [1.165, 1.54) is 12.1 Å². The first-order valence-corrected chi connectivity index (χ1v) is 6.21. The van der Waals surface area contributed by atoms with Gasteiger partial charge in [0, 0.05) is 0 Å². The second kappa shape index (κ2) is 6.01. The Labute approximate surface area is 103 Å². The molecule has 0 saturated heterocycles. The van der Waals surface area contributed by atoms with E-state index in [0.29, 0.717) is 0 Å². The third kappa shape index (κ3) is 4.06. The molecular formula is C8H13N6O3P. The molecule has 0 aromatic heterocycles. The highest BCUT2D eigenvalue weighted by atomic mass is 31.2. The Morgan fingerprint density at radius 2 is 1.50 bits per heavy atom. The summed E-state index contributed by atoms with van der Waals surface area (Å²) in [6.45, 7) is 0. The van der Waals surface area contributed by atoms with Crippen LogP contribution < -0.4 is 27.7 Å². The fourth-order valence-corrected chi connectivity index (χ4v) is 2.18. The lowest BCUT2D eigenvalue weighted by Crippen LogP contribution is -2.35. The van der Waals surface area contributed by atoms with Crippen molar-refractivity contribution in [3.63, 3.8) is 0 Å². The molecule has 10 heteroatoms. The van der Waals surface area contributed by atoms with E-state index in [4.69, 9.17) is 31.5 Å². The highest BCUT2D eigenvalue weighted by Gasteiger charge is 2.29. The molecule has 8 N–H and O–H groups in total. The minimum atomic E-state index is -3.84. The molecule has 18 heavy (non-hydrogen) atoms. The zero-order valence-electron chi connectivity index (χ0n) is 9.21.